The highest BCUT2D eigenvalue weighted by Crippen LogP contribution is 2.13. The number of rotatable bonds is 35. The fourth-order valence-corrected chi connectivity index (χ4v) is 6.77. The minimum Gasteiger partial charge on any atom is -0.508 e. The molecule has 1 aromatic carbocycles. The van der Waals surface area contributed by atoms with Gasteiger partial charge in [0, 0.05) is 19.3 Å². The highest BCUT2D eigenvalue weighted by Gasteiger charge is 2.35. The smallest absolute Gasteiger partial charge is 0.326 e. The first-order chi connectivity index (χ1) is 35.5. The number of nitrogens with two attached hydrogens (primary N) is 2. The van der Waals surface area contributed by atoms with Crippen molar-refractivity contribution >= 4 is 77.0 Å². The van der Waals surface area contributed by atoms with Gasteiger partial charge in [-0.3, -0.25) is 57.5 Å². The zero-order chi connectivity index (χ0) is 58.0. The van der Waals surface area contributed by atoms with Crippen LogP contribution < -0.4 is 59.3 Å². The number of benzene rings is 1. The molecule has 0 aliphatic heterocycles. The van der Waals surface area contributed by atoms with Gasteiger partial charge in [-0.05, 0) is 55.7 Å². The summed E-state index contributed by atoms with van der Waals surface area (Å²) in [7, 11) is 0. The fraction of sp³-hybridized carbons (Fsp3) is 0.587. The molecule has 0 heterocycles. The first-order valence-corrected chi connectivity index (χ1v) is 23.9. The van der Waals surface area contributed by atoms with E-state index in [1.165, 1.54) is 24.3 Å². The summed E-state index contributed by atoms with van der Waals surface area (Å²) in [4.78, 5) is 165. The molecule has 0 unspecified atom stereocenters. The number of carbonyl (C=O) groups excluding carboxylic acids is 10. The highest BCUT2D eigenvalue weighted by atomic mass is 16.4. The third-order valence-corrected chi connectivity index (χ3v) is 11.3. The summed E-state index contributed by atoms with van der Waals surface area (Å²) in [6.45, 7) is 4.72. The van der Waals surface area contributed by atoms with E-state index in [0.29, 0.717) is 5.56 Å². The molecule has 30 nitrogen and oxygen atoms in total. The van der Waals surface area contributed by atoms with Gasteiger partial charge in [0.1, 0.15) is 54.1 Å². The third-order valence-electron chi connectivity index (χ3n) is 11.3. The Balaban J connectivity index is 3.14. The SMILES string of the molecule is CC[C@H](C)[C@H](NC(=O)CNC(=O)[C@@H](N)CCC(=O)O)C(=O)N[C@@H](CC(N)=O)C(=O)N[C@@H](CO)C(=O)N[C@@H](C)C(=O)N[C@@H](CCC(=O)O)C(=O)N[C@@H](CO)C(=O)N[C@@H](CC(C)C)C(=O)N[C@@H](Cc1ccc(O)cc1)C(=O)O. The predicted octanol–water partition coefficient (Wildman–Crippen LogP) is -5.96. The van der Waals surface area contributed by atoms with E-state index in [9.17, 15) is 87.9 Å². The van der Waals surface area contributed by atoms with Crippen LogP contribution >= 0.6 is 0 Å². The van der Waals surface area contributed by atoms with Crippen LogP contribution in [0.4, 0.5) is 0 Å². The molecule has 1 aromatic rings. The number of hydrogen-bond donors (Lipinski definition) is 17. The summed E-state index contributed by atoms with van der Waals surface area (Å²) in [6.07, 6.45) is -2.86. The summed E-state index contributed by atoms with van der Waals surface area (Å²) in [6, 6.07) is -8.97. The van der Waals surface area contributed by atoms with Gasteiger partial charge in [0.25, 0.3) is 0 Å². The van der Waals surface area contributed by atoms with E-state index >= 15 is 0 Å². The molecule has 76 heavy (non-hydrogen) atoms. The van der Waals surface area contributed by atoms with Gasteiger partial charge in [0.15, 0.2) is 0 Å². The van der Waals surface area contributed by atoms with Crippen molar-refractivity contribution in [3.8, 4) is 5.75 Å². The van der Waals surface area contributed by atoms with Gasteiger partial charge in [0.05, 0.1) is 32.2 Å². The zero-order valence-electron chi connectivity index (χ0n) is 42.6. The van der Waals surface area contributed by atoms with Crippen LogP contribution in [0.3, 0.4) is 0 Å². The summed E-state index contributed by atoms with van der Waals surface area (Å²) in [5.41, 5.74) is 11.4. The van der Waals surface area contributed by atoms with Crippen molar-refractivity contribution in [1.29, 1.82) is 0 Å². The Morgan fingerprint density at radius 2 is 1.01 bits per heavy atom. The van der Waals surface area contributed by atoms with E-state index in [1.807, 2.05) is 0 Å². The second-order valence-corrected chi connectivity index (χ2v) is 18.1. The number of carbonyl (C=O) groups is 13. The van der Waals surface area contributed by atoms with Gasteiger partial charge >= 0.3 is 17.9 Å². The van der Waals surface area contributed by atoms with Gasteiger partial charge in [-0.1, -0.05) is 46.2 Å². The van der Waals surface area contributed by atoms with Crippen molar-refractivity contribution in [3.63, 3.8) is 0 Å². The van der Waals surface area contributed by atoms with Crippen molar-refractivity contribution in [2.75, 3.05) is 19.8 Å². The third kappa shape index (κ3) is 24.4. The van der Waals surface area contributed by atoms with Crippen LogP contribution in [-0.2, 0) is 68.7 Å². The van der Waals surface area contributed by atoms with Crippen molar-refractivity contribution in [1.82, 2.24) is 47.9 Å². The van der Waals surface area contributed by atoms with Crippen LogP contribution in [0, 0.1) is 11.8 Å². The lowest BCUT2D eigenvalue weighted by Gasteiger charge is -2.27. The second kappa shape index (κ2) is 33.0. The molecule has 0 spiro atoms. The van der Waals surface area contributed by atoms with Crippen LogP contribution in [0.5, 0.6) is 5.75 Å². The van der Waals surface area contributed by atoms with Crippen molar-refractivity contribution in [2.45, 2.75) is 140 Å². The molecule has 0 saturated heterocycles. The first kappa shape index (κ1) is 66.0. The molecule has 10 atom stereocenters. The summed E-state index contributed by atoms with van der Waals surface area (Å²) in [5, 5.41) is 77.9. The Hall–Kier alpha value is -7.99. The maximum absolute atomic E-state index is 13.5. The predicted molar refractivity (Wildman–Crippen MR) is 262 cm³/mol. The first-order valence-electron chi connectivity index (χ1n) is 23.9. The average molecular weight is 1080 g/mol. The standard InChI is InChI=1S/C46H71N11O19/c1-6-22(4)37(57-34(62)18-49-39(68)26(47)11-13-35(63)64)45(74)53-29(17-33(48)61)42(71)56-31(19-58)43(72)50-23(5)38(67)51-27(12-14-36(65)66)40(69)55-32(20-59)44(73)52-28(15-21(2)3)41(70)54-30(46(75)76)16-24-7-9-25(60)10-8-24/h7-10,21-23,26-32,37,58-60H,6,11-20,47H2,1-5H3,(H2,48,61)(H,49,68)(H,50,72)(H,51,67)(H,52,73)(H,53,74)(H,54,70)(H,55,69)(H,56,71)(H,57,62)(H,63,64)(H,65,66)(H,75,76)/t22-,23-,26-,27-,28-,29-,30-,31-,32-,37-/m0/s1. The molecule has 19 N–H and O–H groups in total. The van der Waals surface area contributed by atoms with Crippen LogP contribution in [-0.4, -0.2) is 182 Å². The number of aliphatic hydroxyl groups excluding tert-OH is 2. The molecule has 10 amide bonds. The minimum atomic E-state index is -1.89. The van der Waals surface area contributed by atoms with Gasteiger partial charge < -0.3 is 90.0 Å². The van der Waals surface area contributed by atoms with Gasteiger partial charge in [-0.15, -0.1) is 0 Å². The van der Waals surface area contributed by atoms with Gasteiger partial charge in [-0.2, -0.15) is 0 Å². The highest BCUT2D eigenvalue weighted by molar-refractivity contribution is 5.99. The number of aromatic hydroxyl groups is 1. The Morgan fingerprint density at radius 1 is 0.553 bits per heavy atom. The fourth-order valence-electron chi connectivity index (χ4n) is 6.77. The van der Waals surface area contributed by atoms with Gasteiger partial charge in [-0.25, -0.2) is 4.79 Å². The van der Waals surface area contributed by atoms with Crippen LogP contribution in [0.2, 0.25) is 0 Å². The number of nitrogens with one attached hydrogen (secondary N) is 9. The zero-order valence-corrected chi connectivity index (χ0v) is 42.6. The molecule has 30 heteroatoms. The van der Waals surface area contributed by atoms with Crippen LogP contribution in [0.15, 0.2) is 24.3 Å². The average Bonchev–Trinajstić information content (AvgIpc) is 3.34. The summed E-state index contributed by atoms with van der Waals surface area (Å²) in [5.74, 6) is -15.9. The van der Waals surface area contributed by atoms with Gasteiger partial charge in [0.2, 0.25) is 59.1 Å². The largest absolute Gasteiger partial charge is 0.508 e. The number of aliphatic hydroxyl groups is 2. The van der Waals surface area contributed by atoms with E-state index in [2.05, 4.69) is 47.9 Å². The summed E-state index contributed by atoms with van der Waals surface area (Å²) < 4.78 is 0. The molecule has 1 rings (SSSR count). The molecule has 0 aliphatic rings. The number of phenols is 1. The normalized spacial score (nSPS) is 14.9. The Kier molecular flexibility index (Phi) is 28.7. The van der Waals surface area contributed by atoms with E-state index in [1.54, 1.807) is 27.7 Å². The van der Waals surface area contributed by atoms with E-state index in [0.717, 1.165) is 6.92 Å². The number of carboxylic acids is 3. The van der Waals surface area contributed by atoms with Crippen molar-refractivity contribution < 1.29 is 93.0 Å². The number of carboxylic acid groups (broad SMARTS) is 3. The number of aliphatic carboxylic acids is 3. The molecule has 0 aliphatic carbocycles. The number of amides is 10. The molecular formula is C46H71N11O19. The topological polar surface area (TPSA) is 504 Å². The van der Waals surface area contributed by atoms with E-state index < -0.39 is 183 Å². The van der Waals surface area contributed by atoms with Crippen molar-refractivity contribution in [3.05, 3.63) is 29.8 Å². The summed E-state index contributed by atoms with van der Waals surface area (Å²) >= 11 is 0. The Labute approximate surface area is 436 Å². The number of hydrogen-bond acceptors (Lipinski definition) is 17. The molecule has 0 radical (unpaired) electrons. The quantitative estimate of drug-likeness (QED) is 0.0301. The monoisotopic (exact) mass is 1080 g/mol. The number of primary amides is 1. The van der Waals surface area contributed by atoms with E-state index in [-0.39, 0.29) is 37.4 Å². The van der Waals surface area contributed by atoms with Crippen LogP contribution in [0.1, 0.15) is 85.1 Å². The lowest BCUT2D eigenvalue weighted by molar-refractivity contribution is -0.142. The van der Waals surface area contributed by atoms with Crippen molar-refractivity contribution in [2.24, 2.45) is 23.3 Å². The molecule has 0 fully saturated rings. The molecule has 0 aromatic heterocycles. The maximum Gasteiger partial charge on any atom is 0.326 e. The second-order valence-electron chi connectivity index (χ2n) is 18.1. The number of phenolic OH excluding ortho intramolecular Hbond substituents is 1. The minimum absolute atomic E-state index is 0.0513. The Morgan fingerprint density at radius 3 is 1.51 bits per heavy atom. The van der Waals surface area contributed by atoms with Crippen LogP contribution in [0.25, 0.3) is 0 Å². The lowest BCUT2D eigenvalue weighted by atomic mass is 9.97. The maximum atomic E-state index is 13.5. The molecule has 424 valence electrons. The lowest BCUT2D eigenvalue weighted by Crippen LogP contribution is -2.61. The Bertz CT molecular complexity index is 2230. The van der Waals surface area contributed by atoms with E-state index in [4.69, 9.17) is 16.6 Å². The molecular weight excluding hydrogens is 1010 g/mol. The molecule has 0 bridgehead atoms. The molecule has 0 saturated carbocycles.